The summed E-state index contributed by atoms with van der Waals surface area (Å²) < 4.78 is 0. The third kappa shape index (κ3) is 2.12. The number of rotatable bonds is 2. The summed E-state index contributed by atoms with van der Waals surface area (Å²) in [7, 11) is 0. The summed E-state index contributed by atoms with van der Waals surface area (Å²) >= 11 is 0. The maximum Gasteiger partial charge on any atom is 0.0198 e. The minimum atomic E-state index is 0.746. The van der Waals surface area contributed by atoms with Crippen LogP contribution in [-0.4, -0.2) is 36.1 Å². The van der Waals surface area contributed by atoms with Gasteiger partial charge in [-0.15, -0.1) is 0 Å². The van der Waals surface area contributed by atoms with Crippen molar-refractivity contribution in [2.24, 2.45) is 5.92 Å². The van der Waals surface area contributed by atoms with Gasteiger partial charge >= 0.3 is 0 Å². The van der Waals surface area contributed by atoms with Crippen molar-refractivity contribution in [3.8, 4) is 0 Å². The average molecular weight is 196 g/mol. The normalized spacial score (nSPS) is 36.0. The minimum absolute atomic E-state index is 0.746. The lowest BCUT2D eigenvalue weighted by atomic mass is 10.0. The molecule has 2 rings (SSSR count). The van der Waals surface area contributed by atoms with Crippen molar-refractivity contribution >= 4 is 0 Å². The monoisotopic (exact) mass is 196 g/mol. The standard InChI is InChI=1S/C12H24N2/c1-9(2)10(3)14-7-6-11-4-5-12(8-14)13-11/h9-13H,4-8H2,1-3H3. The molecule has 0 aliphatic carbocycles. The van der Waals surface area contributed by atoms with Gasteiger partial charge in [0.1, 0.15) is 0 Å². The zero-order valence-electron chi connectivity index (χ0n) is 9.79. The molecule has 14 heavy (non-hydrogen) atoms. The molecular weight excluding hydrogens is 172 g/mol. The quantitative estimate of drug-likeness (QED) is 0.725. The van der Waals surface area contributed by atoms with E-state index in [0.29, 0.717) is 0 Å². The molecule has 2 nitrogen and oxygen atoms in total. The van der Waals surface area contributed by atoms with Crippen LogP contribution in [0.4, 0.5) is 0 Å². The molecule has 0 radical (unpaired) electrons. The van der Waals surface area contributed by atoms with E-state index in [0.717, 1.165) is 24.0 Å². The van der Waals surface area contributed by atoms with Gasteiger partial charge in [0.2, 0.25) is 0 Å². The van der Waals surface area contributed by atoms with Crippen molar-refractivity contribution in [2.45, 2.75) is 58.2 Å². The molecule has 1 N–H and O–H groups in total. The van der Waals surface area contributed by atoms with E-state index in [1.165, 1.54) is 32.4 Å². The Kier molecular flexibility index (Phi) is 3.13. The van der Waals surface area contributed by atoms with Crippen molar-refractivity contribution in [2.75, 3.05) is 13.1 Å². The van der Waals surface area contributed by atoms with Crippen LogP contribution in [0, 0.1) is 5.92 Å². The van der Waals surface area contributed by atoms with Gasteiger partial charge in [-0.25, -0.2) is 0 Å². The molecule has 3 atom stereocenters. The highest BCUT2D eigenvalue weighted by molar-refractivity contribution is 4.91. The molecule has 0 spiro atoms. The fraction of sp³-hybridized carbons (Fsp3) is 1.00. The number of likely N-dealkylation sites (tertiary alicyclic amines) is 1. The first-order chi connectivity index (χ1) is 6.66. The summed E-state index contributed by atoms with van der Waals surface area (Å²) in [5.74, 6) is 0.784. The maximum absolute atomic E-state index is 3.73. The Morgan fingerprint density at radius 2 is 1.79 bits per heavy atom. The van der Waals surface area contributed by atoms with Crippen LogP contribution < -0.4 is 5.32 Å². The van der Waals surface area contributed by atoms with Crippen LogP contribution in [0.2, 0.25) is 0 Å². The van der Waals surface area contributed by atoms with E-state index < -0.39 is 0 Å². The number of hydrogen-bond donors (Lipinski definition) is 1. The third-order valence-corrected chi connectivity index (χ3v) is 4.10. The van der Waals surface area contributed by atoms with Crippen LogP contribution >= 0.6 is 0 Å². The molecule has 0 aromatic carbocycles. The SMILES string of the molecule is CC(C)C(C)N1CCC2CCC(C1)N2. The number of nitrogens with one attached hydrogen (secondary N) is 1. The van der Waals surface area contributed by atoms with Gasteiger partial charge in [0.15, 0.2) is 0 Å². The molecule has 0 aromatic rings. The van der Waals surface area contributed by atoms with Gasteiger partial charge in [0, 0.05) is 24.7 Å². The van der Waals surface area contributed by atoms with E-state index in [1.807, 2.05) is 0 Å². The fourth-order valence-electron chi connectivity index (χ4n) is 2.76. The van der Waals surface area contributed by atoms with Crippen molar-refractivity contribution in [1.82, 2.24) is 10.2 Å². The molecule has 2 aliphatic heterocycles. The Morgan fingerprint density at radius 1 is 1.07 bits per heavy atom. The van der Waals surface area contributed by atoms with E-state index in [4.69, 9.17) is 0 Å². The molecule has 3 unspecified atom stereocenters. The summed E-state index contributed by atoms with van der Waals surface area (Å²) in [6.07, 6.45) is 4.16. The first kappa shape index (κ1) is 10.4. The second-order valence-corrected chi connectivity index (χ2v) is 5.41. The molecule has 2 fully saturated rings. The average Bonchev–Trinajstić information content (AvgIpc) is 2.45. The minimum Gasteiger partial charge on any atom is -0.310 e. The largest absolute Gasteiger partial charge is 0.310 e. The smallest absolute Gasteiger partial charge is 0.0198 e. The molecule has 2 heteroatoms. The van der Waals surface area contributed by atoms with E-state index in [1.54, 1.807) is 0 Å². The summed E-state index contributed by atoms with van der Waals surface area (Å²) in [5.41, 5.74) is 0. The van der Waals surface area contributed by atoms with Crippen LogP contribution in [0.1, 0.15) is 40.0 Å². The van der Waals surface area contributed by atoms with Crippen LogP contribution in [0.25, 0.3) is 0 Å². The van der Waals surface area contributed by atoms with Gasteiger partial charge in [0.05, 0.1) is 0 Å². The van der Waals surface area contributed by atoms with E-state index in [9.17, 15) is 0 Å². The highest BCUT2D eigenvalue weighted by Crippen LogP contribution is 2.23. The highest BCUT2D eigenvalue weighted by Gasteiger charge is 2.31. The van der Waals surface area contributed by atoms with Gasteiger partial charge in [-0.3, -0.25) is 4.90 Å². The van der Waals surface area contributed by atoms with Crippen molar-refractivity contribution in [1.29, 1.82) is 0 Å². The zero-order valence-corrected chi connectivity index (χ0v) is 9.79. The molecular formula is C12H24N2. The zero-order chi connectivity index (χ0) is 10.1. The number of fused-ring (bicyclic) bond motifs is 2. The molecule has 2 saturated heterocycles. The summed E-state index contributed by atoms with van der Waals surface area (Å²) in [6.45, 7) is 9.62. The second kappa shape index (κ2) is 4.19. The lowest BCUT2D eigenvalue weighted by molar-refractivity contribution is 0.160. The molecule has 82 valence electrons. The van der Waals surface area contributed by atoms with E-state index >= 15 is 0 Å². The lowest BCUT2D eigenvalue weighted by Gasteiger charge is -2.32. The van der Waals surface area contributed by atoms with Crippen molar-refractivity contribution in [3.05, 3.63) is 0 Å². The van der Waals surface area contributed by atoms with E-state index in [2.05, 4.69) is 31.0 Å². The Morgan fingerprint density at radius 3 is 2.50 bits per heavy atom. The Labute approximate surface area is 88.1 Å². The summed E-state index contributed by atoms with van der Waals surface area (Å²) in [6, 6.07) is 2.35. The molecule has 0 amide bonds. The molecule has 0 saturated carbocycles. The highest BCUT2D eigenvalue weighted by atomic mass is 15.2. The molecule has 2 bridgehead atoms. The third-order valence-electron chi connectivity index (χ3n) is 4.10. The lowest BCUT2D eigenvalue weighted by Crippen LogP contribution is -2.42. The number of hydrogen-bond acceptors (Lipinski definition) is 2. The first-order valence-electron chi connectivity index (χ1n) is 6.17. The topological polar surface area (TPSA) is 15.3 Å². The summed E-state index contributed by atoms with van der Waals surface area (Å²) in [5, 5.41) is 3.73. The maximum atomic E-state index is 3.73. The number of nitrogens with zero attached hydrogens (tertiary/aromatic N) is 1. The van der Waals surface area contributed by atoms with E-state index in [-0.39, 0.29) is 0 Å². The van der Waals surface area contributed by atoms with Gasteiger partial charge < -0.3 is 5.32 Å². The Balaban J connectivity index is 1.94. The van der Waals surface area contributed by atoms with Crippen molar-refractivity contribution < 1.29 is 0 Å². The van der Waals surface area contributed by atoms with Crippen LogP contribution in [0.5, 0.6) is 0 Å². The van der Waals surface area contributed by atoms with Gasteiger partial charge in [-0.1, -0.05) is 13.8 Å². The molecule has 2 heterocycles. The summed E-state index contributed by atoms with van der Waals surface area (Å²) in [4.78, 5) is 2.68. The van der Waals surface area contributed by atoms with Crippen molar-refractivity contribution in [3.63, 3.8) is 0 Å². The molecule has 0 aromatic heterocycles. The second-order valence-electron chi connectivity index (χ2n) is 5.41. The van der Waals surface area contributed by atoms with Crippen LogP contribution in [0.3, 0.4) is 0 Å². The van der Waals surface area contributed by atoms with Crippen LogP contribution in [0.15, 0.2) is 0 Å². The molecule has 2 aliphatic rings. The first-order valence-corrected chi connectivity index (χ1v) is 6.17. The van der Waals surface area contributed by atoms with Gasteiger partial charge in [0.25, 0.3) is 0 Å². The Hall–Kier alpha value is -0.0800. The van der Waals surface area contributed by atoms with Crippen LogP contribution in [-0.2, 0) is 0 Å². The predicted molar refractivity (Wildman–Crippen MR) is 60.4 cm³/mol. The predicted octanol–water partition coefficient (Wildman–Crippen LogP) is 1.86. The van der Waals surface area contributed by atoms with Gasteiger partial charge in [-0.2, -0.15) is 0 Å². The fourth-order valence-corrected chi connectivity index (χ4v) is 2.76. The van der Waals surface area contributed by atoms with Gasteiger partial charge in [-0.05, 0) is 38.6 Å². The Bertz CT molecular complexity index is 191.